The molecule has 2 aromatic rings. The van der Waals surface area contributed by atoms with E-state index in [1.54, 1.807) is 0 Å². The molecular formula is C23H33N3O2S. The summed E-state index contributed by atoms with van der Waals surface area (Å²) in [7, 11) is 1.82. The first-order valence-electron chi connectivity index (χ1n) is 10.5. The highest BCUT2D eigenvalue weighted by Crippen LogP contribution is 2.15. The number of aliphatic imine (C=N–C) groups is 1. The molecule has 0 aliphatic carbocycles. The van der Waals surface area contributed by atoms with Crippen LogP contribution in [0, 0.1) is 5.92 Å². The molecular weight excluding hydrogens is 382 g/mol. The van der Waals surface area contributed by atoms with Gasteiger partial charge in [0.1, 0.15) is 0 Å². The van der Waals surface area contributed by atoms with E-state index in [0.717, 1.165) is 51.5 Å². The summed E-state index contributed by atoms with van der Waals surface area (Å²) in [5.74, 6) is 1.39. The van der Waals surface area contributed by atoms with Gasteiger partial charge in [0.25, 0.3) is 0 Å². The fraction of sp³-hybridized carbons (Fsp3) is 0.522. The largest absolute Gasteiger partial charge is 0.381 e. The van der Waals surface area contributed by atoms with Crippen molar-refractivity contribution in [2.75, 3.05) is 26.8 Å². The van der Waals surface area contributed by atoms with Crippen molar-refractivity contribution >= 4 is 17.3 Å². The second kappa shape index (κ2) is 12.0. The number of nitrogens with one attached hydrogen (secondary N) is 2. The zero-order valence-electron chi connectivity index (χ0n) is 17.5. The number of rotatable bonds is 9. The summed E-state index contributed by atoms with van der Waals surface area (Å²) in [6.07, 6.45) is 3.41. The van der Waals surface area contributed by atoms with E-state index in [2.05, 4.69) is 64.3 Å². The molecule has 29 heavy (non-hydrogen) atoms. The molecule has 0 amide bonds. The molecule has 2 heterocycles. The maximum atomic E-state index is 6.04. The summed E-state index contributed by atoms with van der Waals surface area (Å²) in [6.45, 7) is 6.19. The molecule has 1 aromatic carbocycles. The number of guanidine groups is 1. The molecule has 158 valence electrons. The topological polar surface area (TPSA) is 54.9 Å². The van der Waals surface area contributed by atoms with E-state index >= 15 is 0 Å². The smallest absolute Gasteiger partial charge is 0.191 e. The summed E-state index contributed by atoms with van der Waals surface area (Å²) in [6, 6.07) is 12.9. The third kappa shape index (κ3) is 7.80. The number of hydrogen-bond donors (Lipinski definition) is 2. The molecule has 1 aliphatic heterocycles. The molecule has 1 fully saturated rings. The second-order valence-electron chi connectivity index (χ2n) is 7.64. The average Bonchev–Trinajstić information content (AvgIpc) is 3.26. The van der Waals surface area contributed by atoms with Gasteiger partial charge < -0.3 is 20.1 Å². The molecule has 0 radical (unpaired) electrons. The van der Waals surface area contributed by atoms with Gasteiger partial charge in [-0.25, -0.2) is 0 Å². The Morgan fingerprint density at radius 2 is 2.03 bits per heavy atom. The third-order valence-corrected chi connectivity index (χ3v) is 5.98. The molecule has 1 saturated heterocycles. The lowest BCUT2D eigenvalue weighted by Gasteiger charge is -2.22. The Labute approximate surface area is 178 Å². The number of thiophene rings is 1. The molecule has 1 unspecified atom stereocenters. The van der Waals surface area contributed by atoms with Crippen molar-refractivity contribution in [3.8, 4) is 0 Å². The van der Waals surface area contributed by atoms with Gasteiger partial charge in [-0.15, -0.1) is 11.3 Å². The summed E-state index contributed by atoms with van der Waals surface area (Å²) in [5.41, 5.74) is 2.44. The minimum Gasteiger partial charge on any atom is -0.381 e. The highest BCUT2D eigenvalue weighted by Gasteiger charge is 2.14. The zero-order valence-corrected chi connectivity index (χ0v) is 18.3. The van der Waals surface area contributed by atoms with Gasteiger partial charge in [0.2, 0.25) is 0 Å². The van der Waals surface area contributed by atoms with Gasteiger partial charge in [0.15, 0.2) is 5.96 Å². The van der Waals surface area contributed by atoms with Gasteiger partial charge >= 0.3 is 0 Å². The molecule has 0 saturated carbocycles. The quantitative estimate of drug-likeness (QED) is 0.480. The first-order chi connectivity index (χ1) is 14.2. The SMILES string of the molecule is CN=C(NCc1cccc(COC2CCOCC2)c1)NCC(C)Cc1cccs1. The van der Waals surface area contributed by atoms with Crippen LogP contribution >= 0.6 is 11.3 Å². The Kier molecular flexibility index (Phi) is 8.99. The standard InChI is InChI=1S/C23H33N3O2S/c1-18(13-22-7-4-12-29-22)15-25-23(24-2)26-16-19-5-3-6-20(14-19)17-28-21-8-10-27-11-9-21/h3-7,12,14,18,21H,8-11,13,15-17H2,1-2H3,(H2,24,25,26). The van der Waals surface area contributed by atoms with Crippen molar-refractivity contribution in [2.45, 2.75) is 45.4 Å². The van der Waals surface area contributed by atoms with Crippen molar-refractivity contribution in [3.63, 3.8) is 0 Å². The lowest BCUT2D eigenvalue weighted by Crippen LogP contribution is -2.39. The van der Waals surface area contributed by atoms with E-state index in [9.17, 15) is 0 Å². The van der Waals surface area contributed by atoms with Crippen LogP contribution in [0.5, 0.6) is 0 Å². The van der Waals surface area contributed by atoms with Crippen LogP contribution in [0.1, 0.15) is 35.8 Å². The van der Waals surface area contributed by atoms with Crippen molar-refractivity contribution in [3.05, 3.63) is 57.8 Å². The van der Waals surface area contributed by atoms with E-state index in [1.807, 2.05) is 18.4 Å². The van der Waals surface area contributed by atoms with Crippen LogP contribution in [0.4, 0.5) is 0 Å². The summed E-state index contributed by atoms with van der Waals surface area (Å²) in [4.78, 5) is 5.78. The molecule has 1 aromatic heterocycles. The maximum absolute atomic E-state index is 6.04. The van der Waals surface area contributed by atoms with Crippen molar-refractivity contribution in [1.29, 1.82) is 0 Å². The van der Waals surface area contributed by atoms with E-state index in [1.165, 1.54) is 16.0 Å². The lowest BCUT2D eigenvalue weighted by molar-refractivity contribution is -0.0390. The molecule has 1 aliphatic rings. The van der Waals surface area contributed by atoms with Crippen LogP contribution in [0.25, 0.3) is 0 Å². The van der Waals surface area contributed by atoms with E-state index in [-0.39, 0.29) is 0 Å². The average molecular weight is 416 g/mol. The highest BCUT2D eigenvalue weighted by molar-refractivity contribution is 7.09. The summed E-state index contributed by atoms with van der Waals surface area (Å²) >= 11 is 1.82. The highest BCUT2D eigenvalue weighted by atomic mass is 32.1. The Hall–Kier alpha value is -1.89. The Balaban J connectivity index is 1.40. The fourth-order valence-electron chi connectivity index (χ4n) is 3.41. The van der Waals surface area contributed by atoms with Gasteiger partial charge in [-0.2, -0.15) is 0 Å². The molecule has 0 spiro atoms. The molecule has 2 N–H and O–H groups in total. The van der Waals surface area contributed by atoms with Crippen LogP contribution in [-0.2, 0) is 29.0 Å². The molecule has 6 heteroatoms. The summed E-state index contributed by atoms with van der Waals surface area (Å²) < 4.78 is 11.4. The van der Waals surface area contributed by atoms with Gasteiger partial charge in [0, 0.05) is 38.2 Å². The molecule has 1 atom stereocenters. The lowest BCUT2D eigenvalue weighted by atomic mass is 10.1. The van der Waals surface area contributed by atoms with Crippen LogP contribution < -0.4 is 10.6 Å². The maximum Gasteiger partial charge on any atom is 0.191 e. The van der Waals surface area contributed by atoms with Crippen molar-refractivity contribution < 1.29 is 9.47 Å². The molecule has 0 bridgehead atoms. The Bertz CT molecular complexity index is 742. The fourth-order valence-corrected chi connectivity index (χ4v) is 4.28. The number of nitrogens with zero attached hydrogens (tertiary/aromatic N) is 1. The van der Waals surface area contributed by atoms with Gasteiger partial charge in [-0.3, -0.25) is 4.99 Å². The molecule has 5 nitrogen and oxygen atoms in total. The monoisotopic (exact) mass is 415 g/mol. The predicted octanol–water partition coefficient (Wildman–Crippen LogP) is 3.99. The minimum atomic E-state index is 0.324. The van der Waals surface area contributed by atoms with Crippen LogP contribution in [0.3, 0.4) is 0 Å². The van der Waals surface area contributed by atoms with E-state index < -0.39 is 0 Å². The molecule has 3 rings (SSSR count). The van der Waals surface area contributed by atoms with Gasteiger partial charge in [-0.1, -0.05) is 37.3 Å². The first kappa shape index (κ1) is 21.8. The second-order valence-corrected chi connectivity index (χ2v) is 8.67. The van der Waals surface area contributed by atoms with E-state index in [0.29, 0.717) is 18.6 Å². The number of ether oxygens (including phenoxy) is 2. The third-order valence-electron chi connectivity index (χ3n) is 5.08. The van der Waals surface area contributed by atoms with Gasteiger partial charge in [-0.05, 0) is 47.8 Å². The summed E-state index contributed by atoms with van der Waals surface area (Å²) in [5, 5.41) is 9.00. The van der Waals surface area contributed by atoms with E-state index in [4.69, 9.17) is 9.47 Å². The Morgan fingerprint density at radius 1 is 1.21 bits per heavy atom. The van der Waals surface area contributed by atoms with Crippen LogP contribution in [0.15, 0.2) is 46.8 Å². The number of benzene rings is 1. The minimum absolute atomic E-state index is 0.324. The Morgan fingerprint density at radius 3 is 2.79 bits per heavy atom. The number of hydrogen-bond acceptors (Lipinski definition) is 4. The normalized spacial score (nSPS) is 16.6. The van der Waals surface area contributed by atoms with Crippen molar-refractivity contribution in [1.82, 2.24) is 10.6 Å². The van der Waals surface area contributed by atoms with Gasteiger partial charge in [0.05, 0.1) is 12.7 Å². The van der Waals surface area contributed by atoms with Crippen molar-refractivity contribution in [2.24, 2.45) is 10.9 Å². The van der Waals surface area contributed by atoms with Crippen LogP contribution in [0.2, 0.25) is 0 Å². The van der Waals surface area contributed by atoms with Crippen LogP contribution in [-0.4, -0.2) is 38.9 Å². The first-order valence-corrected chi connectivity index (χ1v) is 11.3. The predicted molar refractivity (Wildman–Crippen MR) is 120 cm³/mol. The zero-order chi connectivity index (χ0) is 20.3.